The number of primary sulfonamides is 1. The Kier molecular flexibility index (Phi) is 5.18. The Hall–Kier alpha value is -2.49. The number of esters is 1. The first-order valence-corrected chi connectivity index (χ1v) is 9.68. The molecule has 3 rings (SSSR count). The Morgan fingerprint density at radius 3 is 2.67 bits per heavy atom. The van der Waals surface area contributed by atoms with E-state index >= 15 is 0 Å². The highest BCUT2D eigenvalue weighted by Gasteiger charge is 2.27. The van der Waals surface area contributed by atoms with E-state index in [2.05, 4.69) is 0 Å². The molecule has 0 spiro atoms. The number of anilines is 1. The molecule has 142 valence electrons. The first kappa shape index (κ1) is 19.3. The van der Waals surface area contributed by atoms with E-state index in [1.54, 1.807) is 0 Å². The maximum Gasteiger partial charge on any atom is 0.343 e. The third-order valence-corrected chi connectivity index (χ3v) is 5.30. The minimum Gasteiger partial charge on any atom is -0.452 e. The van der Waals surface area contributed by atoms with Gasteiger partial charge in [-0.2, -0.15) is 0 Å². The Bertz CT molecular complexity index is 1020. The van der Waals surface area contributed by atoms with Crippen LogP contribution in [0, 0.1) is 5.82 Å². The molecule has 0 radical (unpaired) electrons. The monoisotopic (exact) mass is 412 g/mol. The molecule has 0 atom stereocenters. The van der Waals surface area contributed by atoms with Crippen LogP contribution in [-0.2, 0) is 26.0 Å². The second-order valence-electron chi connectivity index (χ2n) is 5.80. The molecule has 0 saturated carbocycles. The fourth-order valence-electron chi connectivity index (χ4n) is 2.78. The first-order valence-electron chi connectivity index (χ1n) is 7.75. The molecular weight excluding hydrogens is 399 g/mol. The summed E-state index contributed by atoms with van der Waals surface area (Å²) in [5, 5.41) is 4.98. The zero-order valence-electron chi connectivity index (χ0n) is 13.8. The number of amides is 1. The van der Waals surface area contributed by atoms with Crippen LogP contribution in [-0.4, -0.2) is 33.4 Å². The topological polar surface area (TPSA) is 107 Å². The van der Waals surface area contributed by atoms with Crippen molar-refractivity contribution in [3.05, 3.63) is 58.4 Å². The largest absolute Gasteiger partial charge is 0.452 e. The van der Waals surface area contributed by atoms with Gasteiger partial charge in [-0.05, 0) is 42.3 Å². The number of halogens is 2. The fourth-order valence-corrected chi connectivity index (χ4v) is 3.59. The predicted molar refractivity (Wildman–Crippen MR) is 95.6 cm³/mol. The maximum atomic E-state index is 13.7. The van der Waals surface area contributed by atoms with Gasteiger partial charge in [0.15, 0.2) is 6.61 Å². The van der Waals surface area contributed by atoms with Gasteiger partial charge in [-0.25, -0.2) is 22.7 Å². The van der Waals surface area contributed by atoms with Crippen LogP contribution in [0.4, 0.5) is 10.1 Å². The molecule has 27 heavy (non-hydrogen) atoms. The van der Waals surface area contributed by atoms with Crippen LogP contribution in [0.25, 0.3) is 0 Å². The molecule has 0 aliphatic carbocycles. The van der Waals surface area contributed by atoms with Gasteiger partial charge in [0.1, 0.15) is 11.4 Å². The molecule has 7 nitrogen and oxygen atoms in total. The standard InChI is InChI=1S/C17H14ClFN2O5S/c18-12-2-1-3-13(19)16(12)17(23)26-9-15(22)21-7-6-10-8-11(27(20,24)25)4-5-14(10)21/h1-5,8H,6-7,9H2,(H2,20,24,25). The van der Waals surface area contributed by atoms with Crippen molar-refractivity contribution in [3.63, 3.8) is 0 Å². The lowest BCUT2D eigenvalue weighted by Crippen LogP contribution is -2.33. The third kappa shape index (κ3) is 3.95. The number of hydrogen-bond donors (Lipinski definition) is 1. The zero-order chi connectivity index (χ0) is 19.8. The Morgan fingerprint density at radius 1 is 1.26 bits per heavy atom. The summed E-state index contributed by atoms with van der Waals surface area (Å²) < 4.78 is 41.4. The SMILES string of the molecule is NS(=O)(=O)c1ccc2c(c1)CCN2C(=O)COC(=O)c1c(F)cccc1Cl. The summed E-state index contributed by atoms with van der Waals surface area (Å²) in [5.74, 6) is -2.42. The molecule has 2 aromatic rings. The number of nitrogens with two attached hydrogens (primary N) is 1. The van der Waals surface area contributed by atoms with Crippen LogP contribution >= 0.6 is 11.6 Å². The number of sulfonamides is 1. The van der Waals surface area contributed by atoms with Crippen molar-refractivity contribution in [3.8, 4) is 0 Å². The molecule has 2 N–H and O–H groups in total. The van der Waals surface area contributed by atoms with Gasteiger partial charge >= 0.3 is 5.97 Å². The average molecular weight is 413 g/mol. The van der Waals surface area contributed by atoms with Gasteiger partial charge in [-0.1, -0.05) is 17.7 Å². The van der Waals surface area contributed by atoms with E-state index in [1.165, 1.54) is 35.2 Å². The smallest absolute Gasteiger partial charge is 0.343 e. The summed E-state index contributed by atoms with van der Waals surface area (Å²) in [6.45, 7) is -0.319. The lowest BCUT2D eigenvalue weighted by atomic mass is 10.2. The first-order chi connectivity index (χ1) is 12.7. The normalized spacial score (nSPS) is 13.4. The molecule has 1 amide bonds. The third-order valence-electron chi connectivity index (χ3n) is 4.07. The van der Waals surface area contributed by atoms with E-state index in [0.717, 1.165) is 6.07 Å². The van der Waals surface area contributed by atoms with Crippen molar-refractivity contribution in [2.75, 3.05) is 18.1 Å². The minimum absolute atomic E-state index is 0.0452. The molecule has 1 aliphatic heterocycles. The number of carbonyl (C=O) groups is 2. The number of fused-ring (bicyclic) bond motifs is 1. The molecular formula is C17H14ClFN2O5S. The molecule has 1 heterocycles. The van der Waals surface area contributed by atoms with Gasteiger partial charge in [0.2, 0.25) is 10.0 Å². The van der Waals surface area contributed by atoms with Crippen molar-refractivity contribution < 1.29 is 27.1 Å². The van der Waals surface area contributed by atoms with Crippen molar-refractivity contribution in [2.24, 2.45) is 5.14 Å². The second-order valence-corrected chi connectivity index (χ2v) is 7.77. The minimum atomic E-state index is -3.84. The number of hydrogen-bond acceptors (Lipinski definition) is 5. The Morgan fingerprint density at radius 2 is 2.00 bits per heavy atom. The highest BCUT2D eigenvalue weighted by atomic mass is 35.5. The predicted octanol–water partition coefficient (Wildman–Crippen LogP) is 1.87. The molecule has 0 fully saturated rings. The molecule has 0 bridgehead atoms. The number of rotatable bonds is 4. The van der Waals surface area contributed by atoms with Crippen LogP contribution in [0.1, 0.15) is 15.9 Å². The summed E-state index contributed by atoms with van der Waals surface area (Å²) in [5.41, 5.74) is 0.706. The average Bonchev–Trinajstić information content (AvgIpc) is 3.02. The molecule has 10 heteroatoms. The van der Waals surface area contributed by atoms with E-state index in [-0.39, 0.29) is 9.92 Å². The van der Waals surface area contributed by atoms with E-state index in [1.807, 2.05) is 0 Å². The summed E-state index contributed by atoms with van der Waals surface area (Å²) in [4.78, 5) is 25.7. The van der Waals surface area contributed by atoms with E-state index < -0.39 is 39.9 Å². The second kappa shape index (κ2) is 7.26. The summed E-state index contributed by atoms with van der Waals surface area (Å²) in [6, 6.07) is 7.91. The fraction of sp³-hybridized carbons (Fsp3) is 0.176. The van der Waals surface area contributed by atoms with Gasteiger partial charge in [0.05, 0.1) is 9.92 Å². The molecule has 1 aliphatic rings. The van der Waals surface area contributed by atoms with Crippen molar-refractivity contribution >= 4 is 39.2 Å². The molecule has 0 unspecified atom stereocenters. The number of benzene rings is 2. The van der Waals surface area contributed by atoms with E-state index in [4.69, 9.17) is 21.5 Å². The van der Waals surface area contributed by atoms with Crippen LogP contribution in [0.15, 0.2) is 41.3 Å². The van der Waals surface area contributed by atoms with Gasteiger partial charge in [-0.15, -0.1) is 0 Å². The highest BCUT2D eigenvalue weighted by molar-refractivity contribution is 7.89. The van der Waals surface area contributed by atoms with Crippen LogP contribution in [0.3, 0.4) is 0 Å². The van der Waals surface area contributed by atoms with Crippen molar-refractivity contribution in [1.29, 1.82) is 0 Å². The van der Waals surface area contributed by atoms with Crippen molar-refractivity contribution in [1.82, 2.24) is 0 Å². The molecule has 2 aromatic carbocycles. The quantitative estimate of drug-likeness (QED) is 0.771. The zero-order valence-corrected chi connectivity index (χ0v) is 15.4. The highest BCUT2D eigenvalue weighted by Crippen LogP contribution is 2.30. The van der Waals surface area contributed by atoms with Crippen molar-refractivity contribution in [2.45, 2.75) is 11.3 Å². The van der Waals surface area contributed by atoms with Gasteiger partial charge in [0.25, 0.3) is 5.91 Å². The van der Waals surface area contributed by atoms with Gasteiger partial charge in [0, 0.05) is 12.2 Å². The maximum absolute atomic E-state index is 13.7. The molecule has 0 aromatic heterocycles. The summed E-state index contributed by atoms with van der Waals surface area (Å²) in [7, 11) is -3.84. The number of carbonyl (C=O) groups excluding carboxylic acids is 2. The van der Waals surface area contributed by atoms with Gasteiger partial charge in [-0.3, -0.25) is 4.79 Å². The summed E-state index contributed by atoms with van der Waals surface area (Å²) >= 11 is 5.79. The van der Waals surface area contributed by atoms with Crippen LogP contribution < -0.4 is 10.0 Å². The van der Waals surface area contributed by atoms with Crippen LogP contribution in [0.2, 0.25) is 5.02 Å². The van der Waals surface area contributed by atoms with E-state index in [0.29, 0.717) is 24.2 Å². The van der Waals surface area contributed by atoms with Crippen LogP contribution in [0.5, 0.6) is 0 Å². The lowest BCUT2D eigenvalue weighted by Gasteiger charge is -2.17. The number of ether oxygens (including phenoxy) is 1. The van der Waals surface area contributed by atoms with E-state index in [9.17, 15) is 22.4 Å². The number of nitrogens with zero attached hydrogens (tertiary/aromatic N) is 1. The van der Waals surface area contributed by atoms with Gasteiger partial charge < -0.3 is 9.64 Å². The lowest BCUT2D eigenvalue weighted by molar-refractivity contribution is -0.121. The molecule has 0 saturated heterocycles. The summed E-state index contributed by atoms with van der Waals surface area (Å²) in [6.07, 6.45) is 0.428. The Labute approximate surface area is 159 Å². The Balaban J connectivity index is 1.71.